The molecule has 2 fully saturated rings. The Hall–Kier alpha value is -2.98. The van der Waals surface area contributed by atoms with Crippen LogP contribution in [0, 0.1) is 11.3 Å². The van der Waals surface area contributed by atoms with E-state index in [4.69, 9.17) is 10.00 Å². The third-order valence-electron chi connectivity index (χ3n) is 5.23. The maximum absolute atomic E-state index is 12.6. The Balaban J connectivity index is 1.35. The van der Waals surface area contributed by atoms with Gasteiger partial charge in [-0.3, -0.25) is 9.69 Å². The fourth-order valence-electron chi connectivity index (χ4n) is 3.43. The fourth-order valence-corrected chi connectivity index (χ4v) is 3.43. The summed E-state index contributed by atoms with van der Waals surface area (Å²) in [6.07, 6.45) is 6.80. The first-order chi connectivity index (χ1) is 13.2. The van der Waals surface area contributed by atoms with Crippen molar-refractivity contribution in [3.05, 3.63) is 47.9 Å². The van der Waals surface area contributed by atoms with Gasteiger partial charge in [0, 0.05) is 32.2 Å². The van der Waals surface area contributed by atoms with E-state index in [0.29, 0.717) is 17.0 Å². The Labute approximate surface area is 158 Å². The van der Waals surface area contributed by atoms with Gasteiger partial charge in [0.05, 0.1) is 24.0 Å². The molecule has 2 aromatic rings. The molecule has 0 radical (unpaired) electrons. The van der Waals surface area contributed by atoms with E-state index >= 15 is 0 Å². The van der Waals surface area contributed by atoms with Crippen LogP contribution in [0.1, 0.15) is 35.3 Å². The SMILES string of the molecule is N#Cc1cccc(Oc2cnc(C(=O)N3CCN(C4CCC4)CC3)cn2)c1. The van der Waals surface area contributed by atoms with Gasteiger partial charge in [0.25, 0.3) is 5.91 Å². The average molecular weight is 363 g/mol. The Bertz CT molecular complexity index is 849. The first-order valence-electron chi connectivity index (χ1n) is 9.26. The van der Waals surface area contributed by atoms with Gasteiger partial charge in [0.15, 0.2) is 0 Å². The number of hydrogen-bond donors (Lipinski definition) is 0. The second-order valence-electron chi connectivity index (χ2n) is 6.89. The molecule has 0 atom stereocenters. The molecule has 138 valence electrons. The maximum atomic E-state index is 12.6. The lowest BCUT2D eigenvalue weighted by Gasteiger charge is -2.42. The van der Waals surface area contributed by atoms with Crippen LogP contribution in [0.4, 0.5) is 0 Å². The summed E-state index contributed by atoms with van der Waals surface area (Å²) >= 11 is 0. The smallest absolute Gasteiger partial charge is 0.274 e. The number of ether oxygens (including phenoxy) is 1. The van der Waals surface area contributed by atoms with Crippen LogP contribution in [0.3, 0.4) is 0 Å². The van der Waals surface area contributed by atoms with E-state index in [-0.39, 0.29) is 11.8 Å². The van der Waals surface area contributed by atoms with Crippen molar-refractivity contribution in [1.82, 2.24) is 19.8 Å². The van der Waals surface area contributed by atoms with Crippen molar-refractivity contribution >= 4 is 5.91 Å². The van der Waals surface area contributed by atoms with Crippen molar-refractivity contribution in [2.24, 2.45) is 0 Å². The molecule has 1 amide bonds. The zero-order valence-electron chi connectivity index (χ0n) is 15.0. The summed E-state index contributed by atoms with van der Waals surface area (Å²) in [7, 11) is 0. The molecule has 0 unspecified atom stereocenters. The number of piperazine rings is 1. The predicted octanol–water partition coefficient (Wildman–Crippen LogP) is 2.45. The van der Waals surface area contributed by atoms with Crippen molar-refractivity contribution in [2.45, 2.75) is 25.3 Å². The number of benzene rings is 1. The Morgan fingerprint density at radius 2 is 1.96 bits per heavy atom. The zero-order chi connectivity index (χ0) is 18.6. The quantitative estimate of drug-likeness (QED) is 0.830. The molecule has 2 aliphatic rings. The third-order valence-corrected chi connectivity index (χ3v) is 5.23. The van der Waals surface area contributed by atoms with E-state index in [0.717, 1.165) is 32.2 Å². The van der Waals surface area contributed by atoms with E-state index in [1.807, 2.05) is 4.90 Å². The summed E-state index contributed by atoms with van der Waals surface area (Å²) in [5, 5.41) is 8.93. The molecule has 7 heteroatoms. The Kier molecular flexibility index (Phi) is 4.99. The van der Waals surface area contributed by atoms with Crippen LogP contribution in [0.25, 0.3) is 0 Å². The van der Waals surface area contributed by atoms with Gasteiger partial charge >= 0.3 is 0 Å². The van der Waals surface area contributed by atoms with Gasteiger partial charge in [0.2, 0.25) is 5.88 Å². The van der Waals surface area contributed by atoms with Crippen molar-refractivity contribution in [3.8, 4) is 17.7 Å². The molecule has 0 bridgehead atoms. The second-order valence-corrected chi connectivity index (χ2v) is 6.89. The molecule has 1 saturated heterocycles. The number of amides is 1. The summed E-state index contributed by atoms with van der Waals surface area (Å²) in [6.45, 7) is 3.33. The Morgan fingerprint density at radius 3 is 2.59 bits per heavy atom. The third kappa shape index (κ3) is 3.91. The average Bonchev–Trinajstić information content (AvgIpc) is 2.67. The number of nitrogens with zero attached hydrogens (tertiary/aromatic N) is 5. The van der Waals surface area contributed by atoms with Crippen LogP contribution in [0.15, 0.2) is 36.7 Å². The normalized spacial score (nSPS) is 17.8. The lowest BCUT2D eigenvalue weighted by atomic mass is 9.91. The van der Waals surface area contributed by atoms with E-state index in [1.165, 1.54) is 31.7 Å². The maximum Gasteiger partial charge on any atom is 0.274 e. The van der Waals surface area contributed by atoms with E-state index in [2.05, 4.69) is 20.9 Å². The van der Waals surface area contributed by atoms with Crippen LogP contribution in [0.5, 0.6) is 11.6 Å². The van der Waals surface area contributed by atoms with Crippen molar-refractivity contribution in [2.75, 3.05) is 26.2 Å². The minimum Gasteiger partial charge on any atom is -0.437 e. The first kappa shape index (κ1) is 17.4. The van der Waals surface area contributed by atoms with Gasteiger partial charge in [-0.25, -0.2) is 9.97 Å². The van der Waals surface area contributed by atoms with Crippen molar-refractivity contribution in [1.29, 1.82) is 5.26 Å². The number of carbonyl (C=O) groups excluding carboxylic acids is 1. The molecular weight excluding hydrogens is 342 g/mol. The van der Waals surface area contributed by atoms with Gasteiger partial charge < -0.3 is 9.64 Å². The topological polar surface area (TPSA) is 82.3 Å². The molecule has 0 N–H and O–H groups in total. The second kappa shape index (κ2) is 7.72. The first-order valence-corrected chi connectivity index (χ1v) is 9.26. The van der Waals surface area contributed by atoms with Crippen molar-refractivity contribution in [3.63, 3.8) is 0 Å². The van der Waals surface area contributed by atoms with Gasteiger partial charge in [-0.2, -0.15) is 5.26 Å². The van der Waals surface area contributed by atoms with Gasteiger partial charge in [-0.15, -0.1) is 0 Å². The highest BCUT2D eigenvalue weighted by atomic mass is 16.5. The monoisotopic (exact) mass is 363 g/mol. The predicted molar refractivity (Wildman–Crippen MR) is 98.4 cm³/mol. The largest absolute Gasteiger partial charge is 0.437 e. The molecule has 0 spiro atoms. The molecular formula is C20H21N5O2. The van der Waals surface area contributed by atoms with Crippen LogP contribution in [-0.2, 0) is 0 Å². The molecule has 7 nitrogen and oxygen atoms in total. The molecule has 1 saturated carbocycles. The number of aromatic nitrogens is 2. The number of nitriles is 1. The van der Waals surface area contributed by atoms with Crippen LogP contribution >= 0.6 is 0 Å². The van der Waals surface area contributed by atoms with Crippen LogP contribution in [-0.4, -0.2) is 57.9 Å². The molecule has 1 aromatic heterocycles. The van der Waals surface area contributed by atoms with Crippen molar-refractivity contribution < 1.29 is 9.53 Å². The molecule has 1 aliphatic carbocycles. The minimum absolute atomic E-state index is 0.0891. The number of carbonyl (C=O) groups is 1. The lowest BCUT2D eigenvalue weighted by Crippen LogP contribution is -2.53. The highest BCUT2D eigenvalue weighted by molar-refractivity contribution is 5.92. The minimum atomic E-state index is -0.0891. The Morgan fingerprint density at radius 1 is 1.15 bits per heavy atom. The lowest BCUT2D eigenvalue weighted by molar-refractivity contribution is 0.0451. The standard InChI is InChI=1S/C20H21N5O2/c21-12-15-3-1-6-17(11-15)27-19-14-22-18(13-23-19)20(26)25-9-7-24(8-10-25)16-4-2-5-16/h1,3,6,11,13-14,16H,2,4-5,7-10H2. The highest BCUT2D eigenvalue weighted by Gasteiger charge is 2.30. The highest BCUT2D eigenvalue weighted by Crippen LogP contribution is 2.26. The summed E-state index contributed by atoms with van der Waals surface area (Å²) in [5.74, 6) is 0.708. The van der Waals surface area contributed by atoms with Gasteiger partial charge in [0.1, 0.15) is 11.4 Å². The van der Waals surface area contributed by atoms with E-state index in [9.17, 15) is 4.79 Å². The van der Waals surface area contributed by atoms with Gasteiger partial charge in [-0.1, -0.05) is 12.5 Å². The molecule has 27 heavy (non-hydrogen) atoms. The van der Waals surface area contributed by atoms with Crippen LogP contribution < -0.4 is 4.74 Å². The van der Waals surface area contributed by atoms with Crippen LogP contribution in [0.2, 0.25) is 0 Å². The molecule has 4 rings (SSSR count). The number of hydrogen-bond acceptors (Lipinski definition) is 6. The molecule has 1 aliphatic heterocycles. The molecule has 1 aromatic carbocycles. The summed E-state index contributed by atoms with van der Waals surface area (Å²) in [6, 6.07) is 9.59. The fraction of sp³-hybridized carbons (Fsp3) is 0.400. The molecule has 2 heterocycles. The summed E-state index contributed by atoms with van der Waals surface area (Å²) in [5.41, 5.74) is 0.832. The summed E-state index contributed by atoms with van der Waals surface area (Å²) in [4.78, 5) is 25.4. The number of rotatable bonds is 4. The van der Waals surface area contributed by atoms with Gasteiger partial charge in [-0.05, 0) is 31.0 Å². The zero-order valence-corrected chi connectivity index (χ0v) is 15.0. The summed E-state index contributed by atoms with van der Waals surface area (Å²) < 4.78 is 5.60. The van der Waals surface area contributed by atoms with E-state index in [1.54, 1.807) is 24.3 Å². The van der Waals surface area contributed by atoms with E-state index < -0.39 is 0 Å².